The Morgan fingerprint density at radius 3 is 2.52 bits per heavy atom. The average molecular weight is 582 g/mol. The fourth-order valence-electron chi connectivity index (χ4n) is 6.63. The minimum atomic E-state index is -4.62. The molecule has 1 fully saturated rings. The van der Waals surface area contributed by atoms with Crippen molar-refractivity contribution >= 4 is 29.0 Å². The quantitative estimate of drug-likeness (QED) is 0.464. The number of aryl methyl sites for hydroxylation is 2. The van der Waals surface area contributed by atoms with Gasteiger partial charge in [0.05, 0.1) is 35.7 Å². The van der Waals surface area contributed by atoms with E-state index in [9.17, 15) is 22.8 Å². The van der Waals surface area contributed by atoms with Gasteiger partial charge in [-0.1, -0.05) is 12.1 Å². The number of benzene rings is 1. The van der Waals surface area contributed by atoms with Gasteiger partial charge < -0.3 is 14.4 Å². The SMILES string of the molecule is Cc1cc(C(F)(F)F)cc(N2C(=O)C[C@@H]3CN(Cc4nc5n(c4C)CCN(C)C5)c4c(C)cccc4N(C)C(=O)[C@H]32)n1. The van der Waals surface area contributed by atoms with E-state index in [-0.39, 0.29) is 23.8 Å². The van der Waals surface area contributed by atoms with Crippen molar-refractivity contribution in [2.45, 2.75) is 59.0 Å². The van der Waals surface area contributed by atoms with E-state index >= 15 is 0 Å². The number of hydrogen-bond acceptors (Lipinski definition) is 6. The first kappa shape index (κ1) is 28.2. The summed E-state index contributed by atoms with van der Waals surface area (Å²) in [5, 5.41) is 0. The van der Waals surface area contributed by atoms with Crippen LogP contribution in [0.2, 0.25) is 0 Å². The summed E-state index contributed by atoms with van der Waals surface area (Å²) in [7, 11) is 3.73. The predicted octanol–water partition coefficient (Wildman–Crippen LogP) is 4.07. The lowest BCUT2D eigenvalue weighted by atomic mass is 9.94. The molecule has 1 saturated heterocycles. The number of halogens is 3. The highest BCUT2D eigenvalue weighted by molar-refractivity contribution is 6.10. The van der Waals surface area contributed by atoms with Crippen molar-refractivity contribution in [3.8, 4) is 0 Å². The van der Waals surface area contributed by atoms with Gasteiger partial charge in [-0.2, -0.15) is 13.2 Å². The highest BCUT2D eigenvalue weighted by Crippen LogP contribution is 2.42. The molecule has 3 aliphatic heterocycles. The number of carbonyl (C=O) groups excluding carboxylic acids is 2. The average Bonchev–Trinajstić information content (AvgIpc) is 3.40. The van der Waals surface area contributed by atoms with Crippen molar-refractivity contribution < 1.29 is 22.8 Å². The lowest BCUT2D eigenvalue weighted by molar-refractivity contribution is -0.137. The number of pyridine rings is 1. The van der Waals surface area contributed by atoms with E-state index in [0.29, 0.717) is 18.8 Å². The number of para-hydroxylation sites is 1. The van der Waals surface area contributed by atoms with E-state index in [4.69, 9.17) is 4.98 Å². The lowest BCUT2D eigenvalue weighted by Gasteiger charge is -2.39. The maximum Gasteiger partial charge on any atom is 0.416 e. The van der Waals surface area contributed by atoms with Crippen molar-refractivity contribution in [2.75, 3.05) is 41.9 Å². The van der Waals surface area contributed by atoms with Crippen LogP contribution in [-0.2, 0) is 35.4 Å². The highest BCUT2D eigenvalue weighted by atomic mass is 19.4. The molecule has 3 aromatic rings. The molecule has 0 radical (unpaired) electrons. The Hall–Kier alpha value is -3.93. The van der Waals surface area contributed by atoms with Gasteiger partial charge in [-0.3, -0.25) is 19.4 Å². The number of hydrogen-bond donors (Lipinski definition) is 0. The van der Waals surface area contributed by atoms with Gasteiger partial charge in [0.2, 0.25) is 11.8 Å². The summed E-state index contributed by atoms with van der Waals surface area (Å²) < 4.78 is 43.3. The van der Waals surface area contributed by atoms with Gasteiger partial charge in [-0.05, 0) is 51.6 Å². The second kappa shape index (κ2) is 10.1. The molecular formula is C30H34F3N7O2. The van der Waals surface area contributed by atoms with Crippen molar-refractivity contribution in [1.29, 1.82) is 0 Å². The number of likely N-dealkylation sites (N-methyl/N-ethyl adjacent to an activating group) is 2. The summed E-state index contributed by atoms with van der Waals surface area (Å²) in [5.74, 6) is -0.393. The first-order valence-corrected chi connectivity index (χ1v) is 14.1. The molecule has 222 valence electrons. The van der Waals surface area contributed by atoms with Crippen molar-refractivity contribution in [2.24, 2.45) is 5.92 Å². The molecule has 9 nitrogen and oxygen atoms in total. The number of imidazole rings is 1. The Kier molecular flexibility index (Phi) is 6.79. The molecule has 6 rings (SSSR count). The van der Waals surface area contributed by atoms with E-state index < -0.39 is 29.6 Å². The zero-order chi connectivity index (χ0) is 30.1. The van der Waals surface area contributed by atoms with Crippen LogP contribution in [0.4, 0.5) is 30.4 Å². The molecular weight excluding hydrogens is 547 g/mol. The molecule has 2 atom stereocenters. The Morgan fingerprint density at radius 1 is 1.02 bits per heavy atom. The zero-order valence-electron chi connectivity index (χ0n) is 24.4. The normalized spacial score (nSPS) is 21.3. The third-order valence-corrected chi connectivity index (χ3v) is 8.73. The molecule has 3 aliphatic rings. The minimum Gasteiger partial charge on any atom is -0.363 e. The Bertz CT molecular complexity index is 1580. The van der Waals surface area contributed by atoms with Crippen LogP contribution in [-0.4, -0.2) is 64.5 Å². The standard InChI is InChI=1S/C30H34F3N7O2/c1-17-7-6-8-23-27(17)38(15-22-19(3)39-10-9-36(4)16-25(39)35-22)14-20-12-26(41)40(28(20)29(42)37(23)5)24-13-21(30(31,32)33)11-18(2)34-24/h6-8,11,13,20,28H,9-10,12,14-16H2,1-5H3/t20-,28+/m1/s1. The van der Waals surface area contributed by atoms with Crippen LogP contribution in [0.5, 0.6) is 0 Å². The molecule has 0 saturated carbocycles. The molecule has 42 heavy (non-hydrogen) atoms. The summed E-state index contributed by atoms with van der Waals surface area (Å²) in [6.07, 6.45) is -4.60. The topological polar surface area (TPSA) is 77.8 Å². The van der Waals surface area contributed by atoms with Crippen LogP contribution < -0.4 is 14.7 Å². The van der Waals surface area contributed by atoms with Crippen molar-refractivity contribution in [3.63, 3.8) is 0 Å². The van der Waals surface area contributed by atoms with Crippen LogP contribution >= 0.6 is 0 Å². The van der Waals surface area contributed by atoms with E-state index in [1.54, 1.807) is 7.05 Å². The number of carbonyl (C=O) groups is 2. The van der Waals surface area contributed by atoms with Gasteiger partial charge in [-0.25, -0.2) is 9.97 Å². The number of rotatable bonds is 3. The molecule has 0 bridgehead atoms. The van der Waals surface area contributed by atoms with Crippen molar-refractivity contribution in [3.05, 3.63) is 64.4 Å². The predicted molar refractivity (Wildman–Crippen MR) is 152 cm³/mol. The number of amides is 2. The zero-order valence-corrected chi connectivity index (χ0v) is 24.4. The molecule has 0 aliphatic carbocycles. The molecule has 12 heteroatoms. The van der Waals surface area contributed by atoms with E-state index in [1.807, 2.05) is 25.1 Å². The van der Waals surface area contributed by atoms with Gasteiger partial charge in [0.1, 0.15) is 17.7 Å². The lowest BCUT2D eigenvalue weighted by Crippen LogP contribution is -2.52. The molecule has 5 heterocycles. The summed E-state index contributed by atoms with van der Waals surface area (Å²) in [5.41, 5.74) is 3.76. The van der Waals surface area contributed by atoms with Crippen LogP contribution in [0.25, 0.3) is 0 Å². The largest absolute Gasteiger partial charge is 0.416 e. The van der Waals surface area contributed by atoms with Gasteiger partial charge in [0.15, 0.2) is 0 Å². The molecule has 1 aromatic carbocycles. The maximum atomic E-state index is 14.1. The van der Waals surface area contributed by atoms with Crippen LogP contribution in [0.15, 0.2) is 30.3 Å². The third kappa shape index (κ3) is 4.71. The Labute approximate surface area is 242 Å². The second-order valence-electron chi connectivity index (χ2n) is 11.7. The molecule has 0 unspecified atom stereocenters. The first-order valence-electron chi connectivity index (χ1n) is 14.1. The molecule has 0 spiro atoms. The summed E-state index contributed by atoms with van der Waals surface area (Å²) in [4.78, 5) is 44.0. The maximum absolute atomic E-state index is 14.1. The third-order valence-electron chi connectivity index (χ3n) is 8.73. The number of fused-ring (bicyclic) bond motifs is 3. The fraction of sp³-hybridized carbons (Fsp3) is 0.467. The van der Waals surface area contributed by atoms with Crippen LogP contribution in [0.1, 0.15) is 40.5 Å². The minimum absolute atomic E-state index is 0.0163. The Morgan fingerprint density at radius 2 is 1.79 bits per heavy atom. The van der Waals surface area contributed by atoms with E-state index in [1.165, 1.54) is 16.7 Å². The van der Waals surface area contributed by atoms with Crippen LogP contribution in [0.3, 0.4) is 0 Å². The summed E-state index contributed by atoms with van der Waals surface area (Å²) in [6.45, 7) is 8.88. The number of anilines is 3. The Balaban J connectivity index is 1.43. The van der Waals surface area contributed by atoms with E-state index in [0.717, 1.165) is 60.2 Å². The first-order chi connectivity index (χ1) is 19.8. The van der Waals surface area contributed by atoms with Crippen molar-refractivity contribution in [1.82, 2.24) is 19.4 Å². The number of nitrogens with zero attached hydrogens (tertiary/aromatic N) is 7. The molecule has 2 aromatic heterocycles. The molecule has 2 amide bonds. The monoisotopic (exact) mass is 581 g/mol. The summed E-state index contributed by atoms with van der Waals surface area (Å²) >= 11 is 0. The smallest absolute Gasteiger partial charge is 0.363 e. The van der Waals surface area contributed by atoms with Gasteiger partial charge >= 0.3 is 6.18 Å². The fourth-order valence-corrected chi connectivity index (χ4v) is 6.63. The van der Waals surface area contributed by atoms with Gasteiger partial charge in [-0.15, -0.1) is 0 Å². The highest BCUT2D eigenvalue weighted by Gasteiger charge is 2.49. The number of alkyl halides is 3. The van der Waals surface area contributed by atoms with Crippen LogP contribution in [0, 0.1) is 26.7 Å². The summed E-state index contributed by atoms with van der Waals surface area (Å²) in [6, 6.07) is 6.54. The van der Waals surface area contributed by atoms with Gasteiger partial charge in [0, 0.05) is 50.4 Å². The van der Waals surface area contributed by atoms with E-state index in [2.05, 4.69) is 33.3 Å². The van der Waals surface area contributed by atoms with Gasteiger partial charge in [0.25, 0.3) is 0 Å². The number of aromatic nitrogens is 3. The molecule has 0 N–H and O–H groups in total. The second-order valence-corrected chi connectivity index (χ2v) is 11.7.